The molecule has 0 spiro atoms. The molecule has 0 bridgehead atoms. The second-order valence-corrected chi connectivity index (χ2v) is 5.38. The lowest BCUT2D eigenvalue weighted by Crippen LogP contribution is -2.12. The van der Waals surface area contributed by atoms with E-state index in [4.69, 9.17) is 0 Å². The number of benzene rings is 1. The van der Waals surface area contributed by atoms with Crippen molar-refractivity contribution in [3.8, 4) is 5.69 Å². The second kappa shape index (κ2) is 6.07. The molecule has 0 atom stereocenters. The van der Waals surface area contributed by atoms with Gasteiger partial charge in [-0.3, -0.25) is 4.79 Å². The van der Waals surface area contributed by atoms with E-state index in [1.807, 2.05) is 54.8 Å². The SMILES string of the molecule is Cc1cc(C(=O)Cn2cnc([N+](=O)[O-])n2)c(C)n1-c1ccccc1. The number of carbonyl (C=O) groups excluding carboxylic acids is 1. The van der Waals surface area contributed by atoms with E-state index in [2.05, 4.69) is 10.1 Å². The second-order valence-electron chi connectivity index (χ2n) is 5.38. The van der Waals surface area contributed by atoms with Crippen LogP contribution in [0.1, 0.15) is 21.7 Å². The quantitative estimate of drug-likeness (QED) is 0.408. The first-order valence-electron chi connectivity index (χ1n) is 7.29. The van der Waals surface area contributed by atoms with E-state index >= 15 is 0 Å². The molecule has 122 valence electrons. The van der Waals surface area contributed by atoms with Crippen molar-refractivity contribution in [1.82, 2.24) is 19.3 Å². The zero-order chi connectivity index (χ0) is 17.3. The highest BCUT2D eigenvalue weighted by Crippen LogP contribution is 2.21. The maximum atomic E-state index is 12.5. The molecule has 0 radical (unpaired) electrons. The van der Waals surface area contributed by atoms with Gasteiger partial charge in [-0.05, 0) is 37.0 Å². The Bertz CT molecular complexity index is 911. The number of hydrogen-bond acceptors (Lipinski definition) is 5. The normalized spacial score (nSPS) is 10.8. The molecular formula is C16H15N5O3. The lowest BCUT2D eigenvalue weighted by molar-refractivity contribution is -0.394. The predicted molar refractivity (Wildman–Crippen MR) is 86.2 cm³/mol. The zero-order valence-corrected chi connectivity index (χ0v) is 13.2. The Morgan fingerprint density at radius 3 is 2.58 bits per heavy atom. The van der Waals surface area contributed by atoms with Crippen LogP contribution in [0.5, 0.6) is 0 Å². The molecule has 0 fully saturated rings. The fourth-order valence-electron chi connectivity index (χ4n) is 2.70. The Morgan fingerprint density at radius 2 is 1.96 bits per heavy atom. The molecule has 0 saturated carbocycles. The Morgan fingerprint density at radius 1 is 1.25 bits per heavy atom. The minimum absolute atomic E-state index is 0.0973. The standard InChI is InChI=1S/C16H15N5O3/c1-11-8-14(12(2)20(11)13-6-4-3-5-7-13)15(22)9-19-10-17-16(18-19)21(23)24/h3-8,10H,9H2,1-2H3. The van der Waals surface area contributed by atoms with Gasteiger partial charge in [0.1, 0.15) is 6.54 Å². The summed E-state index contributed by atoms with van der Waals surface area (Å²) >= 11 is 0. The summed E-state index contributed by atoms with van der Waals surface area (Å²) in [5.74, 6) is -0.692. The van der Waals surface area contributed by atoms with Crippen LogP contribution in [0.25, 0.3) is 5.69 Å². The molecule has 3 rings (SSSR count). The summed E-state index contributed by atoms with van der Waals surface area (Å²) in [7, 11) is 0. The molecule has 2 aromatic heterocycles. The summed E-state index contributed by atoms with van der Waals surface area (Å²) in [6.07, 6.45) is 1.19. The van der Waals surface area contributed by atoms with Gasteiger partial charge < -0.3 is 14.7 Å². The first-order chi connectivity index (χ1) is 11.5. The maximum Gasteiger partial charge on any atom is 0.490 e. The van der Waals surface area contributed by atoms with Crippen molar-refractivity contribution < 1.29 is 9.72 Å². The first kappa shape index (κ1) is 15.6. The number of para-hydroxylation sites is 1. The molecule has 0 aliphatic carbocycles. The van der Waals surface area contributed by atoms with E-state index in [-0.39, 0.29) is 12.3 Å². The van der Waals surface area contributed by atoms with E-state index in [0.717, 1.165) is 17.1 Å². The van der Waals surface area contributed by atoms with E-state index in [1.54, 1.807) is 0 Å². The monoisotopic (exact) mass is 325 g/mol. The molecule has 0 N–H and O–H groups in total. The molecule has 24 heavy (non-hydrogen) atoms. The lowest BCUT2D eigenvalue weighted by Gasteiger charge is -2.09. The summed E-state index contributed by atoms with van der Waals surface area (Å²) < 4.78 is 3.17. The van der Waals surface area contributed by atoms with Crippen molar-refractivity contribution in [2.45, 2.75) is 20.4 Å². The average molecular weight is 325 g/mol. The molecule has 8 nitrogen and oxygen atoms in total. The molecule has 0 amide bonds. The zero-order valence-electron chi connectivity index (χ0n) is 13.2. The third-order valence-corrected chi connectivity index (χ3v) is 3.74. The van der Waals surface area contributed by atoms with Crippen LogP contribution in [0, 0.1) is 24.0 Å². The summed E-state index contributed by atoms with van der Waals surface area (Å²) in [5, 5.41) is 14.3. The molecule has 0 unspecified atom stereocenters. The van der Waals surface area contributed by atoms with Crippen molar-refractivity contribution in [3.05, 3.63) is 69.8 Å². The van der Waals surface area contributed by atoms with Crippen LogP contribution in [0.3, 0.4) is 0 Å². The fraction of sp³-hybridized carbons (Fsp3) is 0.188. The van der Waals surface area contributed by atoms with Crippen LogP contribution in [-0.2, 0) is 6.54 Å². The highest BCUT2D eigenvalue weighted by molar-refractivity contribution is 5.97. The maximum absolute atomic E-state index is 12.5. The van der Waals surface area contributed by atoms with Gasteiger partial charge >= 0.3 is 5.95 Å². The Hall–Kier alpha value is -3.29. The third kappa shape index (κ3) is 2.81. The van der Waals surface area contributed by atoms with Gasteiger partial charge in [-0.2, -0.15) is 4.68 Å². The van der Waals surface area contributed by atoms with E-state index < -0.39 is 10.9 Å². The highest BCUT2D eigenvalue weighted by atomic mass is 16.6. The molecule has 3 aromatic rings. The molecule has 0 aliphatic rings. The number of Topliss-reactive ketones (excluding diaryl/α,β-unsaturated/α-hetero) is 1. The number of carbonyl (C=O) groups is 1. The van der Waals surface area contributed by atoms with Crippen LogP contribution in [0.2, 0.25) is 0 Å². The number of aryl methyl sites for hydroxylation is 1. The van der Waals surface area contributed by atoms with Crippen molar-refractivity contribution in [2.24, 2.45) is 0 Å². The highest BCUT2D eigenvalue weighted by Gasteiger charge is 2.20. The molecule has 0 saturated heterocycles. The molecule has 1 aromatic carbocycles. The topological polar surface area (TPSA) is 95.8 Å². The predicted octanol–water partition coefficient (Wildman–Crippen LogP) is 2.48. The smallest absolute Gasteiger partial charge is 0.390 e. The Kier molecular flexibility index (Phi) is 3.95. The molecule has 8 heteroatoms. The van der Waals surface area contributed by atoms with Crippen molar-refractivity contribution in [1.29, 1.82) is 0 Å². The van der Waals surface area contributed by atoms with Crippen molar-refractivity contribution in [2.75, 3.05) is 0 Å². The number of ketones is 1. The van der Waals surface area contributed by atoms with Crippen molar-refractivity contribution in [3.63, 3.8) is 0 Å². The van der Waals surface area contributed by atoms with Crippen LogP contribution >= 0.6 is 0 Å². The fourth-order valence-corrected chi connectivity index (χ4v) is 2.70. The van der Waals surface area contributed by atoms with Gasteiger partial charge in [0.15, 0.2) is 5.78 Å². The minimum Gasteiger partial charge on any atom is -0.390 e. The number of aromatic nitrogens is 4. The van der Waals surface area contributed by atoms with Crippen LogP contribution in [-0.4, -0.2) is 30.0 Å². The number of nitrogens with zero attached hydrogens (tertiary/aromatic N) is 5. The van der Waals surface area contributed by atoms with Gasteiger partial charge in [0.25, 0.3) is 0 Å². The summed E-state index contributed by atoms with van der Waals surface area (Å²) in [4.78, 5) is 26.0. The van der Waals surface area contributed by atoms with Crippen LogP contribution in [0.4, 0.5) is 5.95 Å². The molecule has 0 aliphatic heterocycles. The number of hydrogen-bond donors (Lipinski definition) is 0. The average Bonchev–Trinajstić information content (AvgIpc) is 3.13. The number of nitro groups is 1. The molecule has 2 heterocycles. The number of rotatable bonds is 5. The largest absolute Gasteiger partial charge is 0.490 e. The molecular weight excluding hydrogens is 310 g/mol. The summed E-state index contributed by atoms with van der Waals surface area (Å²) in [5.41, 5.74) is 3.29. The minimum atomic E-state index is -0.692. The van der Waals surface area contributed by atoms with Gasteiger partial charge in [-0.15, -0.1) is 0 Å². The van der Waals surface area contributed by atoms with Gasteiger partial charge in [0, 0.05) is 27.7 Å². The first-order valence-corrected chi connectivity index (χ1v) is 7.29. The van der Waals surface area contributed by atoms with E-state index in [0.29, 0.717) is 5.56 Å². The van der Waals surface area contributed by atoms with Crippen molar-refractivity contribution >= 4 is 11.7 Å². The van der Waals surface area contributed by atoms with Gasteiger partial charge in [0.05, 0.1) is 0 Å². The van der Waals surface area contributed by atoms with Gasteiger partial charge in [0.2, 0.25) is 6.33 Å². The lowest BCUT2D eigenvalue weighted by atomic mass is 10.1. The summed E-state index contributed by atoms with van der Waals surface area (Å²) in [6.45, 7) is 3.70. The Labute approximate surface area is 137 Å². The van der Waals surface area contributed by atoms with Crippen LogP contribution < -0.4 is 0 Å². The summed E-state index contributed by atoms with van der Waals surface area (Å²) in [6, 6.07) is 11.6. The Balaban J connectivity index is 1.89. The third-order valence-electron chi connectivity index (χ3n) is 3.74. The van der Waals surface area contributed by atoms with E-state index in [9.17, 15) is 14.9 Å². The van der Waals surface area contributed by atoms with E-state index in [1.165, 1.54) is 11.0 Å². The van der Waals surface area contributed by atoms with Gasteiger partial charge in [-0.25, -0.2) is 0 Å². The van der Waals surface area contributed by atoms with Gasteiger partial charge in [-0.1, -0.05) is 23.2 Å². The van der Waals surface area contributed by atoms with Crippen LogP contribution in [0.15, 0.2) is 42.7 Å².